The molecule has 0 aliphatic heterocycles. The Morgan fingerprint density at radius 1 is 1.32 bits per heavy atom. The lowest BCUT2D eigenvalue weighted by Crippen LogP contribution is -2.15. The fourth-order valence-electron chi connectivity index (χ4n) is 1.54. The number of nitrogens with one attached hydrogen (secondary N) is 1. The Balaban J connectivity index is 2.31. The van der Waals surface area contributed by atoms with Gasteiger partial charge in [-0.25, -0.2) is 8.78 Å². The summed E-state index contributed by atoms with van der Waals surface area (Å²) in [7, 11) is 0. The van der Waals surface area contributed by atoms with E-state index in [1.807, 2.05) is 0 Å². The van der Waals surface area contributed by atoms with E-state index in [1.165, 1.54) is 6.20 Å². The van der Waals surface area contributed by atoms with E-state index in [0.717, 1.165) is 17.7 Å². The summed E-state index contributed by atoms with van der Waals surface area (Å²) in [6.45, 7) is 1.78. The molecule has 1 aromatic heterocycles. The Bertz CT molecular complexity index is 644. The van der Waals surface area contributed by atoms with Crippen LogP contribution in [0.4, 0.5) is 20.2 Å². The number of nitrogens with two attached hydrogens (primary N) is 1. The van der Waals surface area contributed by atoms with Gasteiger partial charge in [0.25, 0.3) is 5.91 Å². The van der Waals surface area contributed by atoms with Crippen molar-refractivity contribution < 1.29 is 13.6 Å². The van der Waals surface area contributed by atoms with Crippen LogP contribution in [0.2, 0.25) is 0 Å². The molecule has 1 amide bonds. The van der Waals surface area contributed by atoms with Crippen LogP contribution in [0, 0.1) is 18.6 Å². The number of benzene rings is 1. The summed E-state index contributed by atoms with van der Waals surface area (Å²) in [6.07, 6.45) is 3.04. The molecule has 2 rings (SSSR count). The number of aromatic nitrogens is 1. The number of aryl methyl sites for hydroxylation is 1. The minimum atomic E-state index is -1.12. The van der Waals surface area contributed by atoms with Gasteiger partial charge in [0.05, 0.1) is 17.4 Å². The van der Waals surface area contributed by atoms with Crippen molar-refractivity contribution in [2.45, 2.75) is 6.92 Å². The van der Waals surface area contributed by atoms with Gasteiger partial charge >= 0.3 is 0 Å². The molecule has 0 bridgehead atoms. The molecule has 1 heterocycles. The first-order chi connectivity index (χ1) is 8.99. The molecule has 0 unspecified atom stereocenters. The number of hydrogen-bond donors (Lipinski definition) is 2. The molecule has 4 nitrogen and oxygen atoms in total. The number of anilines is 2. The zero-order valence-corrected chi connectivity index (χ0v) is 10.1. The van der Waals surface area contributed by atoms with Crippen LogP contribution >= 0.6 is 0 Å². The van der Waals surface area contributed by atoms with Gasteiger partial charge in [-0.2, -0.15) is 0 Å². The highest BCUT2D eigenvalue weighted by Crippen LogP contribution is 2.19. The van der Waals surface area contributed by atoms with Crippen molar-refractivity contribution in [3.05, 3.63) is 53.4 Å². The standard InChI is InChI=1S/C13H11F2N3O/c1-7-2-3-17-6-12(7)18-13(19)8-4-9(14)10(15)5-11(8)16/h2-6H,16H2,1H3,(H,18,19). The molecule has 3 N–H and O–H groups in total. The summed E-state index contributed by atoms with van der Waals surface area (Å²) in [5, 5.41) is 2.54. The van der Waals surface area contributed by atoms with Gasteiger partial charge in [-0.1, -0.05) is 0 Å². The number of carbonyl (C=O) groups is 1. The van der Waals surface area contributed by atoms with Crippen molar-refractivity contribution >= 4 is 17.3 Å². The van der Waals surface area contributed by atoms with Crippen LogP contribution < -0.4 is 11.1 Å². The molecule has 1 aromatic carbocycles. The topological polar surface area (TPSA) is 68.0 Å². The first-order valence-corrected chi connectivity index (χ1v) is 5.45. The second kappa shape index (κ2) is 5.01. The maximum Gasteiger partial charge on any atom is 0.257 e. The lowest BCUT2D eigenvalue weighted by atomic mass is 10.1. The number of amides is 1. The Morgan fingerprint density at radius 2 is 2.00 bits per heavy atom. The zero-order valence-electron chi connectivity index (χ0n) is 10.1. The fraction of sp³-hybridized carbons (Fsp3) is 0.0769. The van der Waals surface area contributed by atoms with Gasteiger partial charge in [0.15, 0.2) is 11.6 Å². The molecule has 0 saturated heterocycles. The third-order valence-corrected chi connectivity index (χ3v) is 2.62. The fourth-order valence-corrected chi connectivity index (χ4v) is 1.54. The maximum absolute atomic E-state index is 13.1. The Labute approximate surface area is 108 Å². The van der Waals surface area contributed by atoms with E-state index in [1.54, 1.807) is 19.2 Å². The van der Waals surface area contributed by atoms with E-state index in [-0.39, 0.29) is 11.3 Å². The van der Waals surface area contributed by atoms with E-state index in [4.69, 9.17) is 5.73 Å². The number of halogens is 2. The van der Waals surface area contributed by atoms with E-state index < -0.39 is 17.5 Å². The Kier molecular flexibility index (Phi) is 3.41. The van der Waals surface area contributed by atoms with Gasteiger partial charge in [-0.05, 0) is 24.6 Å². The molecule has 0 spiro atoms. The summed E-state index contributed by atoms with van der Waals surface area (Å²) in [5.41, 5.74) is 6.53. The van der Waals surface area contributed by atoms with Crippen molar-refractivity contribution in [2.75, 3.05) is 11.1 Å². The average molecular weight is 263 g/mol. The van der Waals surface area contributed by atoms with Gasteiger partial charge in [0, 0.05) is 18.0 Å². The molecular formula is C13H11F2N3O. The van der Waals surface area contributed by atoms with Crippen molar-refractivity contribution in [2.24, 2.45) is 0 Å². The smallest absolute Gasteiger partial charge is 0.257 e. The number of hydrogen-bond acceptors (Lipinski definition) is 3. The zero-order chi connectivity index (χ0) is 14.0. The van der Waals surface area contributed by atoms with Crippen LogP contribution in [-0.4, -0.2) is 10.9 Å². The van der Waals surface area contributed by atoms with Crippen molar-refractivity contribution in [1.29, 1.82) is 0 Å². The summed E-state index contributed by atoms with van der Waals surface area (Å²) in [4.78, 5) is 15.8. The van der Waals surface area contributed by atoms with Gasteiger partial charge in [-0.3, -0.25) is 9.78 Å². The molecular weight excluding hydrogens is 252 g/mol. The van der Waals surface area contributed by atoms with Crippen LogP contribution in [0.1, 0.15) is 15.9 Å². The predicted molar refractivity (Wildman–Crippen MR) is 67.7 cm³/mol. The van der Waals surface area contributed by atoms with Gasteiger partial charge < -0.3 is 11.1 Å². The number of carbonyl (C=O) groups excluding carboxylic acids is 1. The number of rotatable bonds is 2. The monoisotopic (exact) mass is 263 g/mol. The van der Waals surface area contributed by atoms with Crippen LogP contribution in [0.15, 0.2) is 30.6 Å². The molecule has 0 radical (unpaired) electrons. The summed E-state index contributed by atoms with van der Waals surface area (Å²) >= 11 is 0. The van der Waals surface area contributed by atoms with Crippen LogP contribution in [0.5, 0.6) is 0 Å². The van der Waals surface area contributed by atoms with Crippen LogP contribution in [-0.2, 0) is 0 Å². The molecule has 0 aliphatic carbocycles. The molecule has 0 fully saturated rings. The van der Waals surface area contributed by atoms with E-state index in [2.05, 4.69) is 10.3 Å². The molecule has 19 heavy (non-hydrogen) atoms. The Morgan fingerprint density at radius 3 is 2.68 bits per heavy atom. The summed E-state index contributed by atoms with van der Waals surface area (Å²) in [6, 6.07) is 3.26. The summed E-state index contributed by atoms with van der Waals surface area (Å²) < 4.78 is 26.0. The summed E-state index contributed by atoms with van der Waals surface area (Å²) in [5.74, 6) is -2.83. The molecule has 6 heteroatoms. The minimum Gasteiger partial charge on any atom is -0.398 e. The number of nitrogen functional groups attached to an aromatic ring is 1. The number of pyridine rings is 1. The van der Waals surface area contributed by atoms with Crippen LogP contribution in [0.25, 0.3) is 0 Å². The maximum atomic E-state index is 13.1. The van der Waals surface area contributed by atoms with E-state index in [9.17, 15) is 13.6 Å². The number of nitrogens with zero attached hydrogens (tertiary/aromatic N) is 1. The molecule has 0 saturated carbocycles. The molecule has 0 aliphatic rings. The van der Waals surface area contributed by atoms with Gasteiger partial charge in [0.1, 0.15) is 0 Å². The largest absolute Gasteiger partial charge is 0.398 e. The predicted octanol–water partition coefficient (Wildman–Crippen LogP) is 2.50. The van der Waals surface area contributed by atoms with E-state index in [0.29, 0.717) is 5.69 Å². The Hall–Kier alpha value is -2.50. The van der Waals surface area contributed by atoms with Crippen molar-refractivity contribution in [3.8, 4) is 0 Å². The second-order valence-electron chi connectivity index (χ2n) is 4.00. The normalized spacial score (nSPS) is 10.3. The van der Waals surface area contributed by atoms with Crippen molar-refractivity contribution in [3.63, 3.8) is 0 Å². The third kappa shape index (κ3) is 2.67. The highest BCUT2D eigenvalue weighted by atomic mass is 19.2. The lowest BCUT2D eigenvalue weighted by molar-refractivity contribution is 0.102. The highest BCUT2D eigenvalue weighted by molar-refractivity contribution is 6.07. The first-order valence-electron chi connectivity index (χ1n) is 5.45. The molecule has 98 valence electrons. The minimum absolute atomic E-state index is 0.123. The van der Waals surface area contributed by atoms with Crippen LogP contribution in [0.3, 0.4) is 0 Å². The molecule has 2 aromatic rings. The third-order valence-electron chi connectivity index (χ3n) is 2.62. The molecule has 0 atom stereocenters. The van der Waals surface area contributed by atoms with E-state index >= 15 is 0 Å². The van der Waals surface area contributed by atoms with Gasteiger partial charge in [0.2, 0.25) is 0 Å². The SMILES string of the molecule is Cc1ccncc1NC(=O)c1cc(F)c(F)cc1N. The average Bonchev–Trinajstić information content (AvgIpc) is 2.36. The van der Waals surface area contributed by atoms with Crippen molar-refractivity contribution in [1.82, 2.24) is 4.98 Å². The highest BCUT2D eigenvalue weighted by Gasteiger charge is 2.15. The second-order valence-corrected chi connectivity index (χ2v) is 4.00. The van der Waals surface area contributed by atoms with Gasteiger partial charge in [-0.15, -0.1) is 0 Å². The quantitative estimate of drug-likeness (QED) is 0.818. The first kappa shape index (κ1) is 12.9. The lowest BCUT2D eigenvalue weighted by Gasteiger charge is -2.09.